The van der Waals surface area contributed by atoms with Crippen molar-refractivity contribution in [1.29, 1.82) is 0 Å². The molecule has 0 aromatic heterocycles. The van der Waals surface area contributed by atoms with Crippen molar-refractivity contribution in [2.75, 3.05) is 13.2 Å². The van der Waals surface area contributed by atoms with Gasteiger partial charge in [0.25, 0.3) is 5.91 Å². The molecule has 0 fully saturated rings. The van der Waals surface area contributed by atoms with Gasteiger partial charge in [-0.25, -0.2) is 10.4 Å². The lowest BCUT2D eigenvalue weighted by molar-refractivity contribution is -0.129. The Morgan fingerprint density at radius 1 is 1.10 bits per heavy atom. The molecule has 0 saturated heterocycles. The van der Waals surface area contributed by atoms with Crippen molar-refractivity contribution in [3.05, 3.63) is 112 Å². The van der Waals surface area contributed by atoms with Crippen molar-refractivity contribution in [3.8, 4) is 5.75 Å². The van der Waals surface area contributed by atoms with Gasteiger partial charge in [-0.15, -0.1) is 0 Å². The molecular weight excluding hydrogens is 496 g/mol. The zero-order valence-electron chi connectivity index (χ0n) is 21.8. The third-order valence-electron chi connectivity index (χ3n) is 6.55. The summed E-state index contributed by atoms with van der Waals surface area (Å²) in [6.45, 7) is 2.92. The molecule has 0 saturated carbocycles. The molecule has 3 aromatic rings. The van der Waals surface area contributed by atoms with Crippen LogP contribution >= 0.6 is 0 Å². The third kappa shape index (κ3) is 6.94. The maximum absolute atomic E-state index is 13.8. The molecule has 3 N–H and O–H groups in total. The first-order valence-corrected chi connectivity index (χ1v) is 12.8. The van der Waals surface area contributed by atoms with Gasteiger partial charge in [0.15, 0.2) is 5.54 Å². The minimum absolute atomic E-state index is 0.0664. The molecular formula is C29H32N6O4. The highest BCUT2D eigenvalue weighted by Gasteiger charge is 2.50. The van der Waals surface area contributed by atoms with Crippen LogP contribution in [0.25, 0.3) is 10.4 Å². The fourth-order valence-corrected chi connectivity index (χ4v) is 4.36. The molecule has 0 unspecified atom stereocenters. The highest BCUT2D eigenvalue weighted by Crippen LogP contribution is 2.33. The molecule has 1 aliphatic rings. The molecule has 0 spiro atoms. The van der Waals surface area contributed by atoms with Crippen LogP contribution in [0.1, 0.15) is 35.6 Å². The molecule has 1 heterocycles. The second-order valence-corrected chi connectivity index (χ2v) is 9.18. The van der Waals surface area contributed by atoms with E-state index in [0.29, 0.717) is 36.8 Å². The number of hydrazine groups is 1. The number of benzene rings is 3. The molecule has 4 rings (SSSR count). The summed E-state index contributed by atoms with van der Waals surface area (Å²) in [5.41, 5.74) is 16.8. The molecule has 1 aliphatic heterocycles. The Bertz CT molecular complexity index is 1330. The molecule has 202 valence electrons. The van der Waals surface area contributed by atoms with Crippen molar-refractivity contribution >= 4 is 11.8 Å². The Morgan fingerprint density at radius 2 is 1.82 bits per heavy atom. The molecule has 3 aromatic carbocycles. The predicted octanol–water partition coefficient (Wildman–Crippen LogP) is 4.23. The number of nitrogens with zero attached hydrogens (tertiary/aromatic N) is 4. The van der Waals surface area contributed by atoms with E-state index in [1.807, 2.05) is 73.7 Å². The second-order valence-electron chi connectivity index (χ2n) is 9.18. The summed E-state index contributed by atoms with van der Waals surface area (Å²) >= 11 is 0. The molecule has 0 bridgehead atoms. The van der Waals surface area contributed by atoms with Crippen LogP contribution in [0, 0.1) is 0 Å². The lowest BCUT2D eigenvalue weighted by atomic mass is 9.84. The van der Waals surface area contributed by atoms with Crippen LogP contribution in [0.15, 0.2) is 89.0 Å². The largest absolute Gasteiger partial charge is 0.494 e. The molecule has 0 aliphatic carbocycles. The lowest BCUT2D eigenvalue weighted by Gasteiger charge is -2.29. The van der Waals surface area contributed by atoms with Crippen LogP contribution in [-0.2, 0) is 29.0 Å². The van der Waals surface area contributed by atoms with Gasteiger partial charge in [0.05, 0.1) is 13.2 Å². The maximum Gasteiger partial charge on any atom is 0.266 e. The first-order chi connectivity index (χ1) is 19.1. The van der Waals surface area contributed by atoms with Gasteiger partial charge in [0.1, 0.15) is 11.9 Å². The predicted molar refractivity (Wildman–Crippen MR) is 148 cm³/mol. The Balaban J connectivity index is 1.61. The van der Waals surface area contributed by atoms with Crippen molar-refractivity contribution in [3.63, 3.8) is 0 Å². The topological polar surface area (TPSA) is 141 Å². The van der Waals surface area contributed by atoms with E-state index in [4.69, 9.17) is 25.1 Å². The Morgan fingerprint density at radius 3 is 2.54 bits per heavy atom. The number of ether oxygens (including phenoxy) is 2. The number of nitrogens with one attached hydrogen (secondary N) is 2. The standard InChI is InChI=1S/C29H32N6O4/c1-21-29(18-24-10-5-6-11-25(24)20-32-35-30,28(37)34-31-19-22-8-3-2-4-9-22)33-27(39-21)23-12-14-26(15-13-23)38-17-7-16-36/h2-6,8-15,21,31,36H,7,16-20H2,1H3,(H,34,37)/t21-,29-/m0/s1. The normalized spacial score (nSPS) is 18.0. The van der Waals surface area contributed by atoms with E-state index >= 15 is 0 Å². The van der Waals surface area contributed by atoms with Crippen molar-refractivity contribution in [2.24, 2.45) is 10.1 Å². The van der Waals surface area contributed by atoms with Crippen LogP contribution in [0.2, 0.25) is 0 Å². The van der Waals surface area contributed by atoms with Crippen LogP contribution in [-0.4, -0.2) is 41.8 Å². The van der Waals surface area contributed by atoms with Gasteiger partial charge in [-0.2, -0.15) is 0 Å². The SMILES string of the molecule is C[C@@H]1OC(c2ccc(OCCCO)cc2)=N[C@]1(Cc1ccccc1CN=[N+]=[N-])C(=O)NNCc1ccccc1. The van der Waals surface area contributed by atoms with E-state index in [-0.39, 0.29) is 25.5 Å². The number of amides is 1. The van der Waals surface area contributed by atoms with Crippen LogP contribution in [0.3, 0.4) is 0 Å². The molecule has 1 amide bonds. The van der Waals surface area contributed by atoms with Crippen LogP contribution in [0.4, 0.5) is 0 Å². The van der Waals surface area contributed by atoms with Gasteiger partial charge < -0.3 is 14.6 Å². The minimum atomic E-state index is -1.28. The Labute approximate surface area is 227 Å². The number of carbonyl (C=O) groups is 1. The molecule has 10 nitrogen and oxygen atoms in total. The van der Waals surface area contributed by atoms with E-state index in [1.165, 1.54) is 0 Å². The summed E-state index contributed by atoms with van der Waals surface area (Å²) in [5.74, 6) is 0.693. The van der Waals surface area contributed by atoms with Crippen LogP contribution < -0.4 is 15.6 Å². The van der Waals surface area contributed by atoms with Crippen LogP contribution in [0.5, 0.6) is 5.75 Å². The van der Waals surface area contributed by atoms with Gasteiger partial charge in [0.2, 0.25) is 5.90 Å². The number of hydrogen-bond donors (Lipinski definition) is 3. The fraction of sp³-hybridized carbons (Fsp3) is 0.310. The number of aliphatic imine (C=N–C) groups is 1. The molecule has 0 radical (unpaired) electrons. The zero-order valence-corrected chi connectivity index (χ0v) is 21.8. The second kappa shape index (κ2) is 13.4. The summed E-state index contributed by atoms with van der Waals surface area (Å²) in [5, 5.41) is 12.7. The fourth-order valence-electron chi connectivity index (χ4n) is 4.36. The minimum Gasteiger partial charge on any atom is -0.494 e. The number of aliphatic hydroxyl groups excluding tert-OH is 1. The van der Waals surface area contributed by atoms with Crippen molar-refractivity contribution < 1.29 is 19.4 Å². The monoisotopic (exact) mass is 528 g/mol. The smallest absolute Gasteiger partial charge is 0.266 e. The lowest BCUT2D eigenvalue weighted by Crippen LogP contribution is -2.55. The highest BCUT2D eigenvalue weighted by atomic mass is 16.5. The third-order valence-corrected chi connectivity index (χ3v) is 6.55. The number of rotatable bonds is 13. The average Bonchev–Trinajstić information content (AvgIpc) is 3.30. The number of hydrogen-bond acceptors (Lipinski definition) is 7. The highest BCUT2D eigenvalue weighted by molar-refractivity contribution is 6.00. The van der Waals surface area contributed by atoms with E-state index in [9.17, 15) is 4.79 Å². The Hall–Kier alpha value is -4.37. The first-order valence-electron chi connectivity index (χ1n) is 12.8. The molecule has 2 atom stereocenters. The maximum atomic E-state index is 13.8. The van der Waals surface area contributed by atoms with Gasteiger partial charge in [-0.1, -0.05) is 59.7 Å². The molecule has 10 heteroatoms. The van der Waals surface area contributed by atoms with E-state index < -0.39 is 11.6 Å². The van der Waals surface area contributed by atoms with E-state index in [2.05, 4.69) is 20.9 Å². The quantitative estimate of drug-likeness (QED) is 0.100. The summed E-state index contributed by atoms with van der Waals surface area (Å²) in [7, 11) is 0. The summed E-state index contributed by atoms with van der Waals surface area (Å²) < 4.78 is 11.8. The van der Waals surface area contributed by atoms with Gasteiger partial charge in [-0.05, 0) is 53.4 Å². The summed E-state index contributed by atoms with van der Waals surface area (Å²) in [4.78, 5) is 21.6. The van der Waals surface area contributed by atoms with Gasteiger partial charge in [-0.3, -0.25) is 10.2 Å². The van der Waals surface area contributed by atoms with Gasteiger partial charge >= 0.3 is 0 Å². The zero-order chi connectivity index (χ0) is 27.5. The Kier molecular flexibility index (Phi) is 9.53. The summed E-state index contributed by atoms with van der Waals surface area (Å²) in [6, 6.07) is 24.6. The number of azide groups is 1. The molecule has 39 heavy (non-hydrogen) atoms. The number of aliphatic hydroxyl groups is 1. The van der Waals surface area contributed by atoms with Gasteiger partial charge in [0, 0.05) is 36.5 Å². The number of carbonyl (C=O) groups excluding carboxylic acids is 1. The summed E-state index contributed by atoms with van der Waals surface area (Å²) in [6.07, 6.45) is 0.210. The van der Waals surface area contributed by atoms with E-state index in [1.54, 1.807) is 12.1 Å². The van der Waals surface area contributed by atoms with Crippen molar-refractivity contribution in [1.82, 2.24) is 10.9 Å². The van der Waals surface area contributed by atoms with E-state index in [0.717, 1.165) is 16.7 Å². The average molecular weight is 529 g/mol. The van der Waals surface area contributed by atoms with Crippen molar-refractivity contribution in [2.45, 2.75) is 44.5 Å². The first kappa shape index (κ1) is 27.7.